The standard InChI is InChI=1S/C15H25NO2/c1-9-5-10-7-15(8-16,11(10)6-9)12(13(17)18)14(2,3)4/h6,10-12H,5,7-8,16H2,1-4H3,(H,17,18)/t10-,11-,12?,15+/m0/s1. The van der Waals surface area contributed by atoms with Crippen molar-refractivity contribution in [3.8, 4) is 0 Å². The van der Waals surface area contributed by atoms with Crippen LogP contribution < -0.4 is 5.73 Å². The van der Waals surface area contributed by atoms with E-state index in [0.29, 0.717) is 18.4 Å². The minimum absolute atomic E-state index is 0.230. The predicted molar refractivity (Wildman–Crippen MR) is 72.0 cm³/mol. The molecule has 1 fully saturated rings. The molecule has 0 spiro atoms. The summed E-state index contributed by atoms with van der Waals surface area (Å²) in [4.78, 5) is 11.7. The van der Waals surface area contributed by atoms with E-state index in [0.717, 1.165) is 12.8 Å². The van der Waals surface area contributed by atoms with Crippen LogP contribution in [0.5, 0.6) is 0 Å². The molecule has 2 rings (SSSR count). The lowest BCUT2D eigenvalue weighted by Crippen LogP contribution is -2.59. The molecular weight excluding hydrogens is 226 g/mol. The molecule has 1 unspecified atom stereocenters. The molecule has 102 valence electrons. The monoisotopic (exact) mass is 251 g/mol. The highest BCUT2D eigenvalue weighted by atomic mass is 16.4. The number of aliphatic carboxylic acids is 1. The Morgan fingerprint density at radius 2 is 2.22 bits per heavy atom. The molecule has 2 aliphatic carbocycles. The fourth-order valence-electron chi connectivity index (χ4n) is 4.48. The van der Waals surface area contributed by atoms with E-state index < -0.39 is 5.97 Å². The van der Waals surface area contributed by atoms with E-state index in [9.17, 15) is 9.90 Å². The van der Waals surface area contributed by atoms with Gasteiger partial charge in [-0.05, 0) is 43.6 Å². The third kappa shape index (κ3) is 1.80. The van der Waals surface area contributed by atoms with Crippen molar-refractivity contribution < 1.29 is 9.90 Å². The number of carboxylic acids is 1. The van der Waals surface area contributed by atoms with E-state index in [2.05, 4.69) is 13.0 Å². The van der Waals surface area contributed by atoms with E-state index >= 15 is 0 Å². The van der Waals surface area contributed by atoms with Crippen molar-refractivity contribution in [2.75, 3.05) is 6.54 Å². The fraction of sp³-hybridized carbons (Fsp3) is 0.800. The van der Waals surface area contributed by atoms with Gasteiger partial charge in [-0.3, -0.25) is 4.79 Å². The van der Waals surface area contributed by atoms with Crippen molar-refractivity contribution in [3.63, 3.8) is 0 Å². The van der Waals surface area contributed by atoms with Crippen LogP contribution >= 0.6 is 0 Å². The Morgan fingerprint density at radius 3 is 2.61 bits per heavy atom. The molecule has 0 amide bonds. The molecule has 3 N–H and O–H groups in total. The van der Waals surface area contributed by atoms with E-state index in [4.69, 9.17) is 5.73 Å². The van der Waals surface area contributed by atoms with Crippen LogP contribution in [0.1, 0.15) is 40.5 Å². The van der Waals surface area contributed by atoms with Gasteiger partial charge < -0.3 is 10.8 Å². The van der Waals surface area contributed by atoms with E-state index in [-0.39, 0.29) is 16.7 Å². The maximum atomic E-state index is 11.7. The van der Waals surface area contributed by atoms with Crippen LogP contribution in [0.3, 0.4) is 0 Å². The van der Waals surface area contributed by atoms with Crippen molar-refractivity contribution in [2.24, 2.45) is 34.3 Å². The zero-order valence-corrected chi connectivity index (χ0v) is 11.9. The molecule has 0 saturated heterocycles. The van der Waals surface area contributed by atoms with Gasteiger partial charge in [0.15, 0.2) is 0 Å². The SMILES string of the molecule is CC1=C[C@H]2[C@@H](C1)C[C@]2(CN)C(C(=O)O)C(C)(C)C. The van der Waals surface area contributed by atoms with Gasteiger partial charge in [-0.25, -0.2) is 0 Å². The van der Waals surface area contributed by atoms with Crippen LogP contribution in [-0.4, -0.2) is 17.6 Å². The first-order chi connectivity index (χ1) is 8.22. The lowest BCUT2D eigenvalue weighted by atomic mass is 9.46. The maximum Gasteiger partial charge on any atom is 0.307 e. The zero-order chi connectivity index (χ0) is 13.7. The third-order valence-electron chi connectivity index (χ3n) is 4.93. The minimum Gasteiger partial charge on any atom is -0.481 e. The number of carbonyl (C=O) groups is 1. The summed E-state index contributed by atoms with van der Waals surface area (Å²) < 4.78 is 0. The molecule has 0 heterocycles. The van der Waals surface area contributed by atoms with Crippen LogP contribution in [0.2, 0.25) is 0 Å². The highest BCUT2D eigenvalue weighted by Gasteiger charge is 2.61. The lowest BCUT2D eigenvalue weighted by Gasteiger charge is -2.58. The van der Waals surface area contributed by atoms with Gasteiger partial charge >= 0.3 is 5.97 Å². The number of nitrogens with two attached hydrogens (primary N) is 1. The van der Waals surface area contributed by atoms with E-state index in [1.165, 1.54) is 5.57 Å². The van der Waals surface area contributed by atoms with Gasteiger partial charge in [-0.15, -0.1) is 0 Å². The first kappa shape index (κ1) is 13.6. The number of hydrogen-bond acceptors (Lipinski definition) is 2. The second-order valence-corrected chi connectivity index (χ2v) is 7.28. The summed E-state index contributed by atoms with van der Waals surface area (Å²) in [6.07, 6.45) is 4.38. The van der Waals surface area contributed by atoms with Gasteiger partial charge in [0.25, 0.3) is 0 Å². The Bertz CT molecular complexity index is 394. The molecule has 0 bridgehead atoms. The Labute approximate surface area is 109 Å². The average molecular weight is 251 g/mol. The van der Waals surface area contributed by atoms with Crippen LogP contribution in [-0.2, 0) is 4.79 Å². The summed E-state index contributed by atoms with van der Waals surface area (Å²) in [5.41, 5.74) is 6.94. The maximum absolute atomic E-state index is 11.7. The largest absolute Gasteiger partial charge is 0.481 e. The van der Waals surface area contributed by atoms with Crippen molar-refractivity contribution in [1.29, 1.82) is 0 Å². The average Bonchev–Trinajstić information content (AvgIpc) is 2.49. The second-order valence-electron chi connectivity index (χ2n) is 7.28. The molecular formula is C15H25NO2. The van der Waals surface area contributed by atoms with Crippen molar-refractivity contribution in [3.05, 3.63) is 11.6 Å². The number of rotatable bonds is 3. The molecule has 0 aliphatic heterocycles. The highest BCUT2D eigenvalue weighted by molar-refractivity contribution is 5.72. The van der Waals surface area contributed by atoms with Gasteiger partial charge in [-0.2, -0.15) is 0 Å². The molecule has 0 aromatic heterocycles. The summed E-state index contributed by atoms with van der Waals surface area (Å²) in [6.45, 7) is 8.67. The Morgan fingerprint density at radius 1 is 1.61 bits per heavy atom. The van der Waals surface area contributed by atoms with Gasteiger partial charge in [0.2, 0.25) is 0 Å². The zero-order valence-electron chi connectivity index (χ0n) is 11.9. The molecule has 0 aromatic rings. The Kier molecular flexibility index (Phi) is 3.09. The molecule has 18 heavy (non-hydrogen) atoms. The van der Waals surface area contributed by atoms with Gasteiger partial charge in [-0.1, -0.05) is 32.4 Å². The predicted octanol–water partition coefficient (Wildman–Crippen LogP) is 2.66. The number of allylic oxidation sites excluding steroid dienone is 2. The highest BCUT2D eigenvalue weighted by Crippen LogP contribution is 2.63. The summed E-state index contributed by atoms with van der Waals surface area (Å²) in [7, 11) is 0. The van der Waals surface area contributed by atoms with Gasteiger partial charge in [0.05, 0.1) is 5.92 Å². The van der Waals surface area contributed by atoms with Crippen molar-refractivity contribution >= 4 is 5.97 Å². The fourth-order valence-corrected chi connectivity index (χ4v) is 4.48. The first-order valence-corrected chi connectivity index (χ1v) is 6.82. The van der Waals surface area contributed by atoms with Crippen LogP contribution in [0.15, 0.2) is 11.6 Å². The van der Waals surface area contributed by atoms with Gasteiger partial charge in [0, 0.05) is 5.41 Å². The normalized spacial score (nSPS) is 36.6. The molecule has 1 saturated carbocycles. The van der Waals surface area contributed by atoms with Crippen LogP contribution in [0, 0.1) is 28.6 Å². The Balaban J connectivity index is 2.36. The first-order valence-electron chi connectivity index (χ1n) is 6.82. The Hall–Kier alpha value is -0.830. The number of fused-ring (bicyclic) bond motifs is 1. The number of hydrogen-bond donors (Lipinski definition) is 2. The van der Waals surface area contributed by atoms with Crippen LogP contribution in [0.4, 0.5) is 0 Å². The van der Waals surface area contributed by atoms with E-state index in [1.807, 2.05) is 20.8 Å². The molecule has 2 aliphatic rings. The van der Waals surface area contributed by atoms with Crippen molar-refractivity contribution in [2.45, 2.75) is 40.5 Å². The minimum atomic E-state index is -0.690. The van der Waals surface area contributed by atoms with Crippen LogP contribution in [0.25, 0.3) is 0 Å². The molecule has 3 heteroatoms. The van der Waals surface area contributed by atoms with E-state index in [1.54, 1.807) is 0 Å². The van der Waals surface area contributed by atoms with Gasteiger partial charge in [0.1, 0.15) is 0 Å². The summed E-state index contributed by atoms with van der Waals surface area (Å²) >= 11 is 0. The molecule has 4 atom stereocenters. The third-order valence-corrected chi connectivity index (χ3v) is 4.93. The topological polar surface area (TPSA) is 63.3 Å². The summed E-state index contributed by atoms with van der Waals surface area (Å²) in [6, 6.07) is 0. The smallest absolute Gasteiger partial charge is 0.307 e. The number of carboxylic acid groups (broad SMARTS) is 1. The molecule has 0 radical (unpaired) electrons. The summed E-state index contributed by atoms with van der Waals surface area (Å²) in [5.74, 6) is -0.0386. The quantitative estimate of drug-likeness (QED) is 0.758. The lowest BCUT2D eigenvalue weighted by molar-refractivity contribution is -0.166. The molecule has 0 aromatic carbocycles. The second kappa shape index (κ2) is 4.09. The van der Waals surface area contributed by atoms with Crippen molar-refractivity contribution in [1.82, 2.24) is 0 Å². The summed E-state index contributed by atoms with van der Waals surface area (Å²) in [5, 5.41) is 9.65. The molecule has 3 nitrogen and oxygen atoms in total.